The van der Waals surface area contributed by atoms with E-state index in [-0.39, 0.29) is 25.0 Å². The van der Waals surface area contributed by atoms with Crippen LogP contribution in [0.4, 0.5) is 0 Å². The van der Waals surface area contributed by atoms with Crippen molar-refractivity contribution in [3.05, 3.63) is 99.5 Å². The predicted molar refractivity (Wildman–Crippen MR) is 132 cm³/mol. The number of hydrogen-bond donors (Lipinski definition) is 1. The van der Waals surface area contributed by atoms with Gasteiger partial charge < -0.3 is 15.0 Å². The van der Waals surface area contributed by atoms with E-state index >= 15 is 0 Å². The van der Waals surface area contributed by atoms with Crippen molar-refractivity contribution < 1.29 is 14.3 Å². The maximum atomic E-state index is 13.4. The summed E-state index contributed by atoms with van der Waals surface area (Å²) >= 11 is 12.1. The molecular formula is C26H26Cl2N2O3. The van der Waals surface area contributed by atoms with E-state index < -0.39 is 6.04 Å². The van der Waals surface area contributed by atoms with Crippen LogP contribution in [0, 0.1) is 6.92 Å². The van der Waals surface area contributed by atoms with Gasteiger partial charge in [0, 0.05) is 25.0 Å². The maximum absolute atomic E-state index is 13.4. The van der Waals surface area contributed by atoms with Crippen LogP contribution in [-0.4, -0.2) is 36.4 Å². The van der Waals surface area contributed by atoms with Crippen molar-refractivity contribution in [2.45, 2.75) is 25.9 Å². The molecular weight excluding hydrogens is 459 g/mol. The van der Waals surface area contributed by atoms with Crippen LogP contribution in [0.1, 0.15) is 16.7 Å². The molecule has 7 heteroatoms. The van der Waals surface area contributed by atoms with Crippen LogP contribution in [0.25, 0.3) is 0 Å². The number of rotatable bonds is 9. The van der Waals surface area contributed by atoms with E-state index in [9.17, 15) is 9.59 Å². The third-order valence-electron chi connectivity index (χ3n) is 5.20. The molecule has 1 atom stereocenters. The Morgan fingerprint density at radius 2 is 1.70 bits per heavy atom. The summed E-state index contributed by atoms with van der Waals surface area (Å²) in [6.45, 7) is 1.99. The van der Waals surface area contributed by atoms with E-state index in [0.29, 0.717) is 22.2 Å². The number of nitrogens with zero attached hydrogens (tertiary/aromatic N) is 1. The molecule has 0 aliphatic carbocycles. The molecule has 0 saturated carbocycles. The zero-order valence-corrected chi connectivity index (χ0v) is 20.1. The Morgan fingerprint density at radius 1 is 0.970 bits per heavy atom. The van der Waals surface area contributed by atoms with Gasteiger partial charge in [-0.2, -0.15) is 0 Å². The van der Waals surface area contributed by atoms with Gasteiger partial charge in [0.05, 0.1) is 5.02 Å². The molecule has 5 nitrogen and oxygen atoms in total. The highest BCUT2D eigenvalue weighted by Crippen LogP contribution is 2.27. The molecule has 172 valence electrons. The van der Waals surface area contributed by atoms with Crippen molar-refractivity contribution in [2.24, 2.45) is 0 Å². The van der Waals surface area contributed by atoms with Crippen molar-refractivity contribution in [1.29, 1.82) is 0 Å². The Kier molecular flexibility index (Phi) is 8.75. The quantitative estimate of drug-likeness (QED) is 0.461. The molecule has 3 rings (SSSR count). The number of halogens is 2. The summed E-state index contributed by atoms with van der Waals surface area (Å²) < 4.78 is 5.70. The molecule has 2 amide bonds. The van der Waals surface area contributed by atoms with E-state index in [1.54, 1.807) is 30.1 Å². The lowest BCUT2D eigenvalue weighted by molar-refractivity contribution is -0.142. The third kappa shape index (κ3) is 6.98. The van der Waals surface area contributed by atoms with Crippen molar-refractivity contribution in [3.8, 4) is 5.75 Å². The highest BCUT2D eigenvalue weighted by molar-refractivity contribution is 6.35. The normalized spacial score (nSPS) is 11.5. The fourth-order valence-corrected chi connectivity index (χ4v) is 4.01. The van der Waals surface area contributed by atoms with Gasteiger partial charge in [0.1, 0.15) is 11.8 Å². The molecule has 0 radical (unpaired) electrons. The second kappa shape index (κ2) is 11.7. The molecule has 1 N–H and O–H groups in total. The van der Waals surface area contributed by atoms with Gasteiger partial charge in [0.25, 0.3) is 5.91 Å². The zero-order valence-electron chi connectivity index (χ0n) is 18.6. The first-order valence-corrected chi connectivity index (χ1v) is 11.3. The topological polar surface area (TPSA) is 58.6 Å². The van der Waals surface area contributed by atoms with Crippen molar-refractivity contribution >= 4 is 35.0 Å². The Balaban J connectivity index is 1.88. The molecule has 3 aromatic carbocycles. The van der Waals surface area contributed by atoms with E-state index in [4.69, 9.17) is 27.9 Å². The fraction of sp³-hybridized carbons (Fsp3) is 0.231. The average molecular weight is 485 g/mol. The minimum atomic E-state index is -0.713. The fourth-order valence-electron chi connectivity index (χ4n) is 3.54. The van der Waals surface area contributed by atoms with Crippen LogP contribution in [0.5, 0.6) is 5.75 Å². The van der Waals surface area contributed by atoms with Crippen molar-refractivity contribution in [2.75, 3.05) is 13.7 Å². The number of aryl methyl sites for hydroxylation is 1. The smallest absolute Gasteiger partial charge is 0.261 e. The lowest BCUT2D eigenvalue weighted by Gasteiger charge is -2.31. The molecule has 0 saturated heterocycles. The lowest BCUT2D eigenvalue weighted by Crippen LogP contribution is -2.51. The molecule has 0 aliphatic heterocycles. The molecule has 0 spiro atoms. The Morgan fingerprint density at radius 3 is 2.36 bits per heavy atom. The van der Waals surface area contributed by atoms with Gasteiger partial charge >= 0.3 is 0 Å². The minimum absolute atomic E-state index is 0.246. The average Bonchev–Trinajstić information content (AvgIpc) is 2.81. The SMILES string of the molecule is CNC(=O)[C@H](Cc1ccccc1)N(Cc1cccc(C)c1)C(=O)COc1ccc(Cl)cc1Cl. The first kappa shape index (κ1) is 24.6. The zero-order chi connectivity index (χ0) is 23.8. The summed E-state index contributed by atoms with van der Waals surface area (Å²) in [4.78, 5) is 27.9. The number of ether oxygens (including phenoxy) is 1. The number of nitrogens with one attached hydrogen (secondary N) is 1. The molecule has 0 unspecified atom stereocenters. The van der Waals surface area contributed by atoms with E-state index in [1.165, 1.54) is 0 Å². The van der Waals surface area contributed by atoms with E-state index in [2.05, 4.69) is 5.32 Å². The molecule has 0 aromatic heterocycles. The van der Waals surface area contributed by atoms with Gasteiger partial charge in [-0.1, -0.05) is 83.4 Å². The highest BCUT2D eigenvalue weighted by Gasteiger charge is 2.30. The maximum Gasteiger partial charge on any atom is 0.261 e. The van der Waals surface area contributed by atoms with Crippen LogP contribution < -0.4 is 10.1 Å². The summed E-state index contributed by atoms with van der Waals surface area (Å²) in [7, 11) is 1.57. The number of likely N-dealkylation sites (N-methyl/N-ethyl adjacent to an activating group) is 1. The van der Waals surface area contributed by atoms with E-state index in [1.807, 2.05) is 61.5 Å². The summed E-state index contributed by atoms with van der Waals surface area (Å²) in [5.74, 6) is -0.221. The largest absolute Gasteiger partial charge is 0.482 e. The molecule has 0 aliphatic rings. The number of benzene rings is 3. The molecule has 33 heavy (non-hydrogen) atoms. The third-order valence-corrected chi connectivity index (χ3v) is 5.73. The molecule has 0 fully saturated rings. The van der Waals surface area contributed by atoms with Crippen molar-refractivity contribution in [3.63, 3.8) is 0 Å². The van der Waals surface area contributed by atoms with Gasteiger partial charge in [-0.15, -0.1) is 0 Å². The summed E-state index contributed by atoms with van der Waals surface area (Å²) in [5, 5.41) is 3.48. The van der Waals surface area contributed by atoms with Crippen molar-refractivity contribution in [1.82, 2.24) is 10.2 Å². The summed E-state index contributed by atoms with van der Waals surface area (Å²) in [6, 6.07) is 21.6. The molecule has 3 aromatic rings. The van der Waals surface area contributed by atoms with Gasteiger partial charge in [-0.05, 0) is 36.2 Å². The minimum Gasteiger partial charge on any atom is -0.482 e. The van der Waals surface area contributed by atoms with Crippen LogP contribution in [0.2, 0.25) is 10.0 Å². The Bertz CT molecular complexity index is 1110. The number of amides is 2. The van der Waals surface area contributed by atoms with Gasteiger partial charge in [0.2, 0.25) is 5.91 Å². The summed E-state index contributed by atoms with van der Waals surface area (Å²) in [6.07, 6.45) is 0.375. The first-order valence-electron chi connectivity index (χ1n) is 10.6. The van der Waals surface area contributed by atoms with Crippen LogP contribution in [0.3, 0.4) is 0 Å². The Labute approximate surface area is 204 Å². The van der Waals surface area contributed by atoms with Gasteiger partial charge in [0.15, 0.2) is 6.61 Å². The number of carbonyl (C=O) groups is 2. The highest BCUT2D eigenvalue weighted by atomic mass is 35.5. The second-order valence-electron chi connectivity index (χ2n) is 7.69. The Hall–Kier alpha value is -3.02. The summed E-state index contributed by atoms with van der Waals surface area (Å²) in [5.41, 5.74) is 2.95. The first-order chi connectivity index (χ1) is 15.9. The van der Waals surface area contributed by atoms with Crippen LogP contribution in [-0.2, 0) is 22.6 Å². The van der Waals surface area contributed by atoms with Crippen LogP contribution in [0.15, 0.2) is 72.8 Å². The molecule has 0 bridgehead atoms. The standard InChI is InChI=1S/C26H26Cl2N2O3/c1-18-7-6-10-20(13-18)16-30(23(26(32)29-2)14-19-8-4-3-5-9-19)25(31)17-33-24-12-11-21(27)15-22(24)28/h3-13,15,23H,14,16-17H2,1-2H3,(H,29,32)/t23-/m0/s1. The monoisotopic (exact) mass is 484 g/mol. The second-order valence-corrected chi connectivity index (χ2v) is 8.54. The predicted octanol–water partition coefficient (Wildman–Crippen LogP) is 5.07. The van der Waals surface area contributed by atoms with E-state index in [0.717, 1.165) is 16.7 Å². The van der Waals surface area contributed by atoms with Gasteiger partial charge in [-0.25, -0.2) is 0 Å². The molecule has 0 heterocycles. The van der Waals surface area contributed by atoms with Gasteiger partial charge in [-0.3, -0.25) is 9.59 Å². The lowest BCUT2D eigenvalue weighted by atomic mass is 10.0. The number of hydrogen-bond acceptors (Lipinski definition) is 3. The van der Waals surface area contributed by atoms with Crippen LogP contribution >= 0.6 is 23.2 Å². The number of carbonyl (C=O) groups excluding carboxylic acids is 2.